The molecule has 80 valence electrons. The monoisotopic (exact) mass is 207 g/mol. The molecule has 1 aromatic rings. The number of amides is 1. The van der Waals surface area contributed by atoms with E-state index in [0.29, 0.717) is 11.3 Å². The molecule has 0 atom stereocenters. The Morgan fingerprint density at radius 3 is 2.53 bits per heavy atom. The van der Waals surface area contributed by atoms with Crippen molar-refractivity contribution >= 4 is 17.4 Å². The Kier molecular flexibility index (Phi) is 3.57. The average molecular weight is 207 g/mol. The molecule has 0 unspecified atom stereocenters. The standard InChI is InChI=1S/C11H13NO3/c1-7-5-9(12-11(15)6-13)3-4-10(7)8(2)14/h3-5,13H,6H2,1-2H3,(H,12,15). The number of aryl methyl sites for hydroxylation is 1. The fourth-order valence-corrected chi connectivity index (χ4v) is 1.34. The molecule has 0 saturated heterocycles. The Morgan fingerprint density at radius 1 is 1.40 bits per heavy atom. The van der Waals surface area contributed by atoms with Gasteiger partial charge in [0.25, 0.3) is 0 Å². The Morgan fingerprint density at radius 2 is 2.07 bits per heavy atom. The molecule has 0 spiro atoms. The minimum atomic E-state index is -0.548. The van der Waals surface area contributed by atoms with Gasteiger partial charge in [-0.15, -0.1) is 0 Å². The summed E-state index contributed by atoms with van der Waals surface area (Å²) in [5, 5.41) is 11.0. The van der Waals surface area contributed by atoms with Crippen LogP contribution in [0.3, 0.4) is 0 Å². The van der Waals surface area contributed by atoms with Crippen LogP contribution < -0.4 is 5.32 Å². The molecule has 1 aromatic carbocycles. The third-order valence-electron chi connectivity index (χ3n) is 2.03. The van der Waals surface area contributed by atoms with E-state index in [-0.39, 0.29) is 5.78 Å². The van der Waals surface area contributed by atoms with Crippen LogP contribution in [0.5, 0.6) is 0 Å². The van der Waals surface area contributed by atoms with Gasteiger partial charge < -0.3 is 10.4 Å². The third kappa shape index (κ3) is 2.89. The van der Waals surface area contributed by atoms with E-state index in [2.05, 4.69) is 5.32 Å². The zero-order valence-electron chi connectivity index (χ0n) is 8.70. The van der Waals surface area contributed by atoms with Gasteiger partial charge in [0.1, 0.15) is 6.61 Å². The van der Waals surface area contributed by atoms with Crippen LogP contribution in [-0.4, -0.2) is 23.4 Å². The lowest BCUT2D eigenvalue weighted by Crippen LogP contribution is -2.15. The van der Waals surface area contributed by atoms with E-state index in [1.54, 1.807) is 25.1 Å². The van der Waals surface area contributed by atoms with Crippen LogP contribution in [0.4, 0.5) is 5.69 Å². The molecule has 0 radical (unpaired) electrons. The summed E-state index contributed by atoms with van der Waals surface area (Å²) in [4.78, 5) is 22.0. The normalized spacial score (nSPS) is 9.80. The summed E-state index contributed by atoms with van der Waals surface area (Å²) in [6, 6.07) is 4.99. The largest absolute Gasteiger partial charge is 0.387 e. The minimum Gasteiger partial charge on any atom is -0.387 e. The van der Waals surface area contributed by atoms with Gasteiger partial charge in [0.2, 0.25) is 5.91 Å². The fourth-order valence-electron chi connectivity index (χ4n) is 1.34. The van der Waals surface area contributed by atoms with Gasteiger partial charge in [-0.25, -0.2) is 0 Å². The number of Topliss-reactive ketones (excluding diaryl/α,β-unsaturated/α-hetero) is 1. The predicted octanol–water partition coefficient (Wildman–Crippen LogP) is 1.13. The second-order valence-electron chi connectivity index (χ2n) is 3.29. The second kappa shape index (κ2) is 4.70. The van der Waals surface area contributed by atoms with Crippen LogP contribution in [0, 0.1) is 6.92 Å². The lowest BCUT2D eigenvalue weighted by molar-refractivity contribution is -0.118. The molecule has 1 amide bonds. The molecule has 0 aliphatic rings. The summed E-state index contributed by atoms with van der Waals surface area (Å²) >= 11 is 0. The Balaban J connectivity index is 2.91. The van der Waals surface area contributed by atoms with Gasteiger partial charge >= 0.3 is 0 Å². The summed E-state index contributed by atoms with van der Waals surface area (Å²) in [7, 11) is 0. The zero-order chi connectivity index (χ0) is 11.4. The first kappa shape index (κ1) is 11.4. The molecule has 0 aromatic heterocycles. The van der Waals surface area contributed by atoms with E-state index < -0.39 is 12.5 Å². The quantitative estimate of drug-likeness (QED) is 0.730. The van der Waals surface area contributed by atoms with E-state index in [4.69, 9.17) is 5.11 Å². The van der Waals surface area contributed by atoms with Crippen molar-refractivity contribution in [1.29, 1.82) is 0 Å². The molecule has 4 nitrogen and oxygen atoms in total. The van der Waals surface area contributed by atoms with Crippen molar-refractivity contribution in [3.63, 3.8) is 0 Å². The van der Waals surface area contributed by atoms with Crippen molar-refractivity contribution in [3.8, 4) is 0 Å². The maximum atomic E-state index is 11.1. The molecule has 0 heterocycles. The number of aliphatic hydroxyl groups excluding tert-OH is 1. The van der Waals surface area contributed by atoms with Crippen LogP contribution >= 0.6 is 0 Å². The molecule has 2 N–H and O–H groups in total. The van der Waals surface area contributed by atoms with E-state index in [1.807, 2.05) is 0 Å². The number of hydrogen-bond acceptors (Lipinski definition) is 3. The first-order valence-electron chi connectivity index (χ1n) is 4.57. The molecule has 0 aliphatic carbocycles. The highest BCUT2D eigenvalue weighted by Crippen LogP contribution is 2.15. The van der Waals surface area contributed by atoms with Gasteiger partial charge in [-0.2, -0.15) is 0 Å². The van der Waals surface area contributed by atoms with Crippen molar-refractivity contribution in [2.45, 2.75) is 13.8 Å². The van der Waals surface area contributed by atoms with Crippen molar-refractivity contribution in [2.24, 2.45) is 0 Å². The highest BCUT2D eigenvalue weighted by atomic mass is 16.3. The Labute approximate surface area is 87.9 Å². The lowest BCUT2D eigenvalue weighted by Gasteiger charge is -2.06. The topological polar surface area (TPSA) is 66.4 Å². The molecule has 0 aliphatic heterocycles. The molecular weight excluding hydrogens is 194 g/mol. The van der Waals surface area contributed by atoms with Gasteiger partial charge in [0, 0.05) is 11.3 Å². The maximum absolute atomic E-state index is 11.1. The van der Waals surface area contributed by atoms with Crippen molar-refractivity contribution in [3.05, 3.63) is 29.3 Å². The summed E-state index contributed by atoms with van der Waals surface area (Å²) in [5.74, 6) is -0.475. The first-order valence-corrected chi connectivity index (χ1v) is 4.57. The summed E-state index contributed by atoms with van der Waals surface area (Å²) < 4.78 is 0. The molecule has 4 heteroatoms. The maximum Gasteiger partial charge on any atom is 0.250 e. The van der Waals surface area contributed by atoms with Gasteiger partial charge in [-0.3, -0.25) is 9.59 Å². The van der Waals surface area contributed by atoms with Gasteiger partial charge in [0.15, 0.2) is 5.78 Å². The number of benzene rings is 1. The fraction of sp³-hybridized carbons (Fsp3) is 0.273. The molecular formula is C11H13NO3. The average Bonchev–Trinajstić information content (AvgIpc) is 2.17. The van der Waals surface area contributed by atoms with E-state index in [1.165, 1.54) is 6.92 Å². The highest BCUT2D eigenvalue weighted by molar-refractivity contribution is 5.97. The molecule has 1 rings (SSSR count). The number of nitrogens with one attached hydrogen (secondary N) is 1. The van der Waals surface area contributed by atoms with Crippen LogP contribution in [0.15, 0.2) is 18.2 Å². The second-order valence-corrected chi connectivity index (χ2v) is 3.29. The van der Waals surface area contributed by atoms with Crippen LogP contribution in [-0.2, 0) is 4.79 Å². The number of aliphatic hydroxyl groups is 1. The molecule has 15 heavy (non-hydrogen) atoms. The molecule has 0 fully saturated rings. The Bertz CT molecular complexity index is 399. The number of carbonyl (C=O) groups excluding carboxylic acids is 2. The summed E-state index contributed by atoms with van der Waals surface area (Å²) in [5.41, 5.74) is 2.02. The third-order valence-corrected chi connectivity index (χ3v) is 2.03. The zero-order valence-corrected chi connectivity index (χ0v) is 8.70. The molecule has 0 bridgehead atoms. The first-order chi connectivity index (χ1) is 7.04. The smallest absolute Gasteiger partial charge is 0.250 e. The van der Waals surface area contributed by atoms with Crippen molar-refractivity contribution in [2.75, 3.05) is 11.9 Å². The van der Waals surface area contributed by atoms with E-state index >= 15 is 0 Å². The van der Waals surface area contributed by atoms with Crippen molar-refractivity contribution < 1.29 is 14.7 Å². The highest BCUT2D eigenvalue weighted by Gasteiger charge is 2.05. The Hall–Kier alpha value is -1.68. The number of carbonyl (C=O) groups is 2. The summed E-state index contributed by atoms with van der Waals surface area (Å²) in [6.07, 6.45) is 0. The van der Waals surface area contributed by atoms with Crippen molar-refractivity contribution in [1.82, 2.24) is 0 Å². The van der Waals surface area contributed by atoms with Gasteiger partial charge in [0.05, 0.1) is 0 Å². The lowest BCUT2D eigenvalue weighted by atomic mass is 10.0. The number of hydrogen-bond donors (Lipinski definition) is 2. The number of rotatable bonds is 3. The van der Waals surface area contributed by atoms with E-state index in [0.717, 1.165) is 5.56 Å². The SMILES string of the molecule is CC(=O)c1ccc(NC(=O)CO)cc1C. The van der Waals surface area contributed by atoms with Crippen LogP contribution in [0.25, 0.3) is 0 Å². The number of anilines is 1. The predicted molar refractivity (Wildman–Crippen MR) is 56.9 cm³/mol. The van der Waals surface area contributed by atoms with Gasteiger partial charge in [-0.1, -0.05) is 0 Å². The number of ketones is 1. The van der Waals surface area contributed by atoms with E-state index in [9.17, 15) is 9.59 Å². The summed E-state index contributed by atoms with van der Waals surface area (Å²) in [6.45, 7) is 2.74. The van der Waals surface area contributed by atoms with Gasteiger partial charge in [-0.05, 0) is 37.6 Å². The molecule has 0 saturated carbocycles. The minimum absolute atomic E-state index is 0.00691. The van der Waals surface area contributed by atoms with Crippen LogP contribution in [0.1, 0.15) is 22.8 Å². The van der Waals surface area contributed by atoms with Crippen LogP contribution in [0.2, 0.25) is 0 Å².